The third-order valence-electron chi connectivity index (χ3n) is 2.01. The standard InChI is InChI=1S/C11H12BrN3OS/c1-8-14-15-11(16-8)17-7-6-13-10-4-2-9(12)3-5-10/h2-5,13H,6-7H2,1H3. The summed E-state index contributed by atoms with van der Waals surface area (Å²) in [5.74, 6) is 1.49. The molecular formula is C11H12BrN3OS. The molecule has 0 radical (unpaired) electrons. The number of anilines is 1. The number of aromatic nitrogens is 2. The lowest BCUT2D eigenvalue weighted by molar-refractivity contribution is 0.429. The lowest BCUT2D eigenvalue weighted by Crippen LogP contribution is -2.03. The number of benzene rings is 1. The Bertz CT molecular complexity index is 472. The van der Waals surface area contributed by atoms with Crippen molar-refractivity contribution in [2.24, 2.45) is 0 Å². The smallest absolute Gasteiger partial charge is 0.276 e. The van der Waals surface area contributed by atoms with Gasteiger partial charge in [0, 0.05) is 29.4 Å². The minimum absolute atomic E-state index is 0.605. The van der Waals surface area contributed by atoms with Crippen molar-refractivity contribution in [3.63, 3.8) is 0 Å². The second-order valence-electron chi connectivity index (χ2n) is 3.37. The van der Waals surface area contributed by atoms with Gasteiger partial charge in [0.05, 0.1) is 0 Å². The molecule has 0 atom stereocenters. The van der Waals surface area contributed by atoms with Gasteiger partial charge in [0.25, 0.3) is 5.22 Å². The maximum atomic E-state index is 5.26. The summed E-state index contributed by atoms with van der Waals surface area (Å²) in [6.45, 7) is 2.64. The van der Waals surface area contributed by atoms with Crippen LogP contribution in [0.2, 0.25) is 0 Å². The zero-order valence-corrected chi connectivity index (χ0v) is 11.7. The van der Waals surface area contributed by atoms with Crippen molar-refractivity contribution < 1.29 is 4.42 Å². The Morgan fingerprint density at radius 3 is 2.71 bits per heavy atom. The van der Waals surface area contributed by atoms with Crippen LogP contribution in [0.15, 0.2) is 38.4 Å². The van der Waals surface area contributed by atoms with E-state index in [0.29, 0.717) is 11.1 Å². The molecule has 0 saturated carbocycles. The van der Waals surface area contributed by atoms with Crippen LogP contribution in [0.5, 0.6) is 0 Å². The molecule has 0 bridgehead atoms. The molecule has 0 fully saturated rings. The molecule has 2 aromatic rings. The predicted octanol–water partition coefficient (Wildman–Crippen LogP) is 3.34. The van der Waals surface area contributed by atoms with E-state index in [1.807, 2.05) is 24.3 Å². The molecule has 0 amide bonds. The van der Waals surface area contributed by atoms with Crippen molar-refractivity contribution in [1.29, 1.82) is 0 Å². The number of rotatable bonds is 5. The summed E-state index contributed by atoms with van der Waals surface area (Å²) in [4.78, 5) is 0. The maximum absolute atomic E-state index is 5.26. The van der Waals surface area contributed by atoms with Gasteiger partial charge < -0.3 is 9.73 Å². The van der Waals surface area contributed by atoms with Crippen LogP contribution in [0, 0.1) is 6.92 Å². The van der Waals surface area contributed by atoms with Gasteiger partial charge in [-0.1, -0.05) is 27.7 Å². The average molecular weight is 314 g/mol. The van der Waals surface area contributed by atoms with E-state index < -0.39 is 0 Å². The molecule has 0 spiro atoms. The molecule has 0 aliphatic heterocycles. The van der Waals surface area contributed by atoms with E-state index in [0.717, 1.165) is 22.5 Å². The molecule has 6 heteroatoms. The Hall–Kier alpha value is -1.01. The summed E-state index contributed by atoms with van der Waals surface area (Å²) < 4.78 is 6.34. The number of thioether (sulfide) groups is 1. The van der Waals surface area contributed by atoms with Crippen LogP contribution in [-0.4, -0.2) is 22.5 Å². The second kappa shape index (κ2) is 6.07. The normalized spacial score (nSPS) is 10.5. The van der Waals surface area contributed by atoms with Crippen molar-refractivity contribution in [2.45, 2.75) is 12.1 Å². The minimum atomic E-state index is 0.605. The summed E-state index contributed by atoms with van der Waals surface area (Å²) in [7, 11) is 0. The molecule has 1 heterocycles. The van der Waals surface area contributed by atoms with Gasteiger partial charge in [-0.05, 0) is 24.3 Å². The fraction of sp³-hybridized carbons (Fsp3) is 0.273. The van der Waals surface area contributed by atoms with Gasteiger partial charge in [0.15, 0.2) is 0 Å². The van der Waals surface area contributed by atoms with Gasteiger partial charge in [-0.3, -0.25) is 0 Å². The number of halogens is 1. The molecule has 1 aromatic carbocycles. The number of nitrogens with one attached hydrogen (secondary N) is 1. The fourth-order valence-corrected chi connectivity index (χ4v) is 2.16. The molecule has 0 saturated heterocycles. The first-order valence-electron chi connectivity index (χ1n) is 5.16. The molecular weight excluding hydrogens is 302 g/mol. The summed E-state index contributed by atoms with van der Waals surface area (Å²) in [6.07, 6.45) is 0. The van der Waals surface area contributed by atoms with Crippen molar-refractivity contribution in [2.75, 3.05) is 17.6 Å². The molecule has 90 valence electrons. The molecule has 17 heavy (non-hydrogen) atoms. The molecule has 1 N–H and O–H groups in total. The van der Waals surface area contributed by atoms with E-state index in [2.05, 4.69) is 31.4 Å². The first-order valence-corrected chi connectivity index (χ1v) is 6.94. The predicted molar refractivity (Wildman–Crippen MR) is 72.4 cm³/mol. The zero-order chi connectivity index (χ0) is 12.1. The van der Waals surface area contributed by atoms with Crippen LogP contribution in [0.3, 0.4) is 0 Å². The van der Waals surface area contributed by atoms with Crippen LogP contribution >= 0.6 is 27.7 Å². The summed E-state index contributed by atoms with van der Waals surface area (Å²) in [6, 6.07) is 8.09. The first-order chi connectivity index (χ1) is 8.24. The Morgan fingerprint density at radius 2 is 2.06 bits per heavy atom. The molecule has 0 unspecified atom stereocenters. The Balaban J connectivity index is 1.71. The second-order valence-corrected chi connectivity index (χ2v) is 5.33. The lowest BCUT2D eigenvalue weighted by Gasteiger charge is -2.04. The SMILES string of the molecule is Cc1nnc(SCCNc2ccc(Br)cc2)o1. The summed E-state index contributed by atoms with van der Waals surface area (Å²) in [5.41, 5.74) is 1.11. The highest BCUT2D eigenvalue weighted by Gasteiger charge is 2.01. The van der Waals surface area contributed by atoms with E-state index in [-0.39, 0.29) is 0 Å². The Morgan fingerprint density at radius 1 is 1.29 bits per heavy atom. The zero-order valence-electron chi connectivity index (χ0n) is 9.31. The number of nitrogens with zero attached hydrogens (tertiary/aromatic N) is 2. The molecule has 0 aliphatic rings. The van der Waals surface area contributed by atoms with Crippen LogP contribution in [0.25, 0.3) is 0 Å². The Kier molecular flexibility index (Phi) is 4.44. The number of hydrogen-bond acceptors (Lipinski definition) is 5. The van der Waals surface area contributed by atoms with E-state index in [4.69, 9.17) is 4.42 Å². The van der Waals surface area contributed by atoms with Crippen LogP contribution < -0.4 is 5.32 Å². The van der Waals surface area contributed by atoms with Crippen LogP contribution in [-0.2, 0) is 0 Å². The molecule has 1 aromatic heterocycles. The molecule has 2 rings (SSSR count). The third-order valence-corrected chi connectivity index (χ3v) is 3.36. The van der Waals surface area contributed by atoms with Crippen molar-refractivity contribution in [3.8, 4) is 0 Å². The van der Waals surface area contributed by atoms with E-state index in [9.17, 15) is 0 Å². The maximum Gasteiger partial charge on any atom is 0.276 e. The highest BCUT2D eigenvalue weighted by molar-refractivity contribution is 9.10. The van der Waals surface area contributed by atoms with Gasteiger partial charge in [0.2, 0.25) is 5.89 Å². The van der Waals surface area contributed by atoms with Gasteiger partial charge in [-0.15, -0.1) is 10.2 Å². The minimum Gasteiger partial charge on any atom is -0.416 e. The van der Waals surface area contributed by atoms with Crippen molar-refractivity contribution in [3.05, 3.63) is 34.6 Å². The van der Waals surface area contributed by atoms with E-state index in [1.54, 1.807) is 18.7 Å². The van der Waals surface area contributed by atoms with Gasteiger partial charge in [-0.2, -0.15) is 0 Å². The van der Waals surface area contributed by atoms with Gasteiger partial charge in [-0.25, -0.2) is 0 Å². The quantitative estimate of drug-likeness (QED) is 0.677. The third kappa shape index (κ3) is 4.05. The highest BCUT2D eigenvalue weighted by atomic mass is 79.9. The van der Waals surface area contributed by atoms with E-state index >= 15 is 0 Å². The summed E-state index contributed by atoms with van der Waals surface area (Å²) >= 11 is 4.95. The Labute approximate surface area is 112 Å². The topological polar surface area (TPSA) is 51.0 Å². The van der Waals surface area contributed by atoms with E-state index in [1.165, 1.54) is 0 Å². The monoisotopic (exact) mass is 313 g/mol. The summed E-state index contributed by atoms with van der Waals surface area (Å²) in [5, 5.41) is 11.6. The largest absolute Gasteiger partial charge is 0.416 e. The fourth-order valence-electron chi connectivity index (χ4n) is 1.24. The number of hydrogen-bond donors (Lipinski definition) is 1. The molecule has 0 aliphatic carbocycles. The van der Waals surface area contributed by atoms with Crippen LogP contribution in [0.1, 0.15) is 5.89 Å². The van der Waals surface area contributed by atoms with Crippen molar-refractivity contribution in [1.82, 2.24) is 10.2 Å². The lowest BCUT2D eigenvalue weighted by atomic mass is 10.3. The highest BCUT2D eigenvalue weighted by Crippen LogP contribution is 2.16. The molecule has 4 nitrogen and oxygen atoms in total. The first kappa shape index (κ1) is 12.4. The average Bonchev–Trinajstić information content (AvgIpc) is 2.73. The van der Waals surface area contributed by atoms with Crippen molar-refractivity contribution >= 4 is 33.4 Å². The van der Waals surface area contributed by atoms with Crippen LogP contribution in [0.4, 0.5) is 5.69 Å². The van der Waals surface area contributed by atoms with Gasteiger partial charge in [0.1, 0.15) is 0 Å². The van der Waals surface area contributed by atoms with Gasteiger partial charge >= 0.3 is 0 Å². The number of aryl methyl sites for hydroxylation is 1.